The zero-order valence-corrected chi connectivity index (χ0v) is 14.1. The number of piperidine rings is 1. The van der Waals surface area contributed by atoms with Crippen LogP contribution in [0.25, 0.3) is 0 Å². The van der Waals surface area contributed by atoms with E-state index in [0.29, 0.717) is 13.1 Å². The van der Waals surface area contributed by atoms with E-state index in [9.17, 15) is 18.0 Å². The molecule has 1 aliphatic rings. The minimum absolute atomic E-state index is 0.236. The molecule has 8 heteroatoms. The van der Waals surface area contributed by atoms with Crippen molar-refractivity contribution in [2.75, 3.05) is 13.1 Å². The van der Waals surface area contributed by atoms with Gasteiger partial charge in [-0.2, -0.15) is 18.3 Å². The first-order valence-electron chi connectivity index (χ1n) is 7.84. The highest BCUT2D eigenvalue weighted by Crippen LogP contribution is 2.34. The van der Waals surface area contributed by atoms with Gasteiger partial charge in [-0.1, -0.05) is 6.07 Å². The van der Waals surface area contributed by atoms with Gasteiger partial charge in [0.1, 0.15) is 0 Å². The third kappa shape index (κ3) is 3.33. The predicted octanol–water partition coefficient (Wildman–Crippen LogP) is 3.95. The molecule has 2 aromatic heterocycles. The monoisotopic (exact) mass is 357 g/mol. The summed E-state index contributed by atoms with van der Waals surface area (Å²) in [7, 11) is 0. The second kappa shape index (κ2) is 6.58. The highest BCUT2D eigenvalue weighted by atomic mass is 32.1. The summed E-state index contributed by atoms with van der Waals surface area (Å²) in [4.78, 5) is 15.1. The second-order valence-electron chi connectivity index (χ2n) is 5.90. The van der Waals surface area contributed by atoms with Crippen molar-refractivity contribution in [1.82, 2.24) is 14.7 Å². The van der Waals surface area contributed by atoms with Crippen LogP contribution in [0.15, 0.2) is 17.5 Å². The molecule has 0 saturated carbocycles. The molecule has 4 nitrogen and oxygen atoms in total. The van der Waals surface area contributed by atoms with Gasteiger partial charge < -0.3 is 4.90 Å². The van der Waals surface area contributed by atoms with E-state index in [-0.39, 0.29) is 17.8 Å². The minimum Gasteiger partial charge on any atom is -0.339 e. The lowest BCUT2D eigenvalue weighted by atomic mass is 10.1. The molecule has 2 aromatic rings. The lowest BCUT2D eigenvalue weighted by Gasteiger charge is -2.27. The molecular weight excluding hydrogens is 339 g/mol. The summed E-state index contributed by atoms with van der Waals surface area (Å²) in [6.07, 6.45) is -1.98. The molecule has 1 saturated heterocycles. The number of likely N-dealkylation sites (tertiary alicyclic amines) is 1. The SMILES string of the molecule is Cc1c(C(=O)N2CCCCC2)c(C(F)(F)F)nn1Cc1cccs1. The maximum Gasteiger partial charge on any atom is 0.435 e. The fraction of sp³-hybridized carbons (Fsp3) is 0.500. The molecule has 0 N–H and O–H groups in total. The molecule has 130 valence electrons. The van der Waals surface area contributed by atoms with Crippen molar-refractivity contribution in [3.63, 3.8) is 0 Å². The van der Waals surface area contributed by atoms with E-state index in [2.05, 4.69) is 5.10 Å². The number of halogens is 3. The maximum absolute atomic E-state index is 13.4. The second-order valence-corrected chi connectivity index (χ2v) is 6.93. The van der Waals surface area contributed by atoms with Gasteiger partial charge in [-0.15, -0.1) is 11.3 Å². The lowest BCUT2D eigenvalue weighted by molar-refractivity contribution is -0.141. The van der Waals surface area contributed by atoms with Gasteiger partial charge in [0.05, 0.1) is 12.1 Å². The summed E-state index contributed by atoms with van der Waals surface area (Å²) in [5.41, 5.74) is -1.11. The van der Waals surface area contributed by atoms with E-state index in [1.165, 1.54) is 27.8 Å². The Hall–Kier alpha value is -1.83. The van der Waals surface area contributed by atoms with Crippen molar-refractivity contribution in [3.8, 4) is 0 Å². The number of rotatable bonds is 3. The number of nitrogens with zero attached hydrogens (tertiary/aromatic N) is 3. The van der Waals surface area contributed by atoms with Gasteiger partial charge in [-0.3, -0.25) is 9.48 Å². The van der Waals surface area contributed by atoms with Crippen molar-refractivity contribution >= 4 is 17.2 Å². The van der Waals surface area contributed by atoms with Gasteiger partial charge in [-0.25, -0.2) is 0 Å². The molecule has 3 rings (SSSR count). The van der Waals surface area contributed by atoms with E-state index in [1.54, 1.807) is 0 Å². The standard InChI is InChI=1S/C16H18F3N3OS/c1-11-13(15(23)21-7-3-2-4-8-21)14(16(17,18)19)20-22(11)10-12-6-5-9-24-12/h5-6,9H,2-4,7-8,10H2,1H3. The first kappa shape index (κ1) is 17.0. The summed E-state index contributed by atoms with van der Waals surface area (Å²) < 4.78 is 41.5. The molecule has 1 aliphatic heterocycles. The maximum atomic E-state index is 13.4. The number of aromatic nitrogens is 2. The number of carbonyl (C=O) groups is 1. The van der Waals surface area contributed by atoms with Crippen LogP contribution in [0.2, 0.25) is 0 Å². The van der Waals surface area contributed by atoms with Crippen molar-refractivity contribution in [1.29, 1.82) is 0 Å². The molecule has 0 aliphatic carbocycles. The Kier molecular flexibility index (Phi) is 4.67. The van der Waals surface area contributed by atoms with Crippen molar-refractivity contribution < 1.29 is 18.0 Å². The summed E-state index contributed by atoms with van der Waals surface area (Å²) in [5.74, 6) is -0.558. The van der Waals surface area contributed by atoms with Crippen LogP contribution < -0.4 is 0 Å². The molecule has 3 heterocycles. The van der Waals surface area contributed by atoms with E-state index in [4.69, 9.17) is 0 Å². The smallest absolute Gasteiger partial charge is 0.339 e. The molecule has 0 radical (unpaired) electrons. The van der Waals surface area contributed by atoms with Crippen LogP contribution in [0.4, 0.5) is 13.2 Å². The fourth-order valence-electron chi connectivity index (χ4n) is 2.96. The van der Waals surface area contributed by atoms with Gasteiger partial charge in [0.15, 0.2) is 5.69 Å². The molecule has 1 amide bonds. The Morgan fingerprint density at radius 3 is 2.58 bits per heavy atom. The highest BCUT2D eigenvalue weighted by Gasteiger charge is 2.41. The van der Waals surface area contributed by atoms with E-state index < -0.39 is 17.8 Å². The summed E-state index contributed by atoms with van der Waals surface area (Å²) in [5, 5.41) is 5.58. The molecular formula is C16H18F3N3OS. The first-order chi connectivity index (χ1) is 11.4. The van der Waals surface area contributed by atoms with Gasteiger partial charge >= 0.3 is 6.18 Å². The Labute approximate surface area is 141 Å². The van der Waals surface area contributed by atoms with Crippen LogP contribution in [-0.4, -0.2) is 33.7 Å². The quantitative estimate of drug-likeness (QED) is 0.834. The van der Waals surface area contributed by atoms with Crippen molar-refractivity contribution in [2.45, 2.75) is 38.9 Å². The lowest BCUT2D eigenvalue weighted by Crippen LogP contribution is -2.36. The minimum atomic E-state index is -4.65. The third-order valence-corrected chi connectivity index (χ3v) is 5.08. The summed E-state index contributed by atoms with van der Waals surface area (Å²) in [6, 6.07) is 3.68. The molecule has 0 bridgehead atoms. The van der Waals surface area contributed by atoms with Crippen LogP contribution in [0.3, 0.4) is 0 Å². The number of thiophene rings is 1. The number of carbonyl (C=O) groups excluding carboxylic acids is 1. The number of hydrogen-bond donors (Lipinski definition) is 0. The van der Waals surface area contributed by atoms with Crippen LogP contribution in [0.5, 0.6) is 0 Å². The normalized spacial score (nSPS) is 15.8. The average molecular weight is 357 g/mol. The zero-order valence-electron chi connectivity index (χ0n) is 13.3. The molecule has 0 atom stereocenters. The Morgan fingerprint density at radius 1 is 1.29 bits per heavy atom. The largest absolute Gasteiger partial charge is 0.435 e. The Bertz CT molecular complexity index is 716. The number of hydrogen-bond acceptors (Lipinski definition) is 3. The fourth-order valence-corrected chi connectivity index (χ4v) is 3.65. The highest BCUT2D eigenvalue weighted by molar-refractivity contribution is 7.09. The first-order valence-corrected chi connectivity index (χ1v) is 8.72. The van der Waals surface area contributed by atoms with Crippen molar-refractivity contribution in [2.24, 2.45) is 0 Å². The topological polar surface area (TPSA) is 38.1 Å². The Morgan fingerprint density at radius 2 is 2.00 bits per heavy atom. The van der Waals surface area contributed by atoms with Gasteiger partial charge in [-0.05, 0) is 37.6 Å². The Balaban J connectivity index is 1.99. The molecule has 0 aromatic carbocycles. The number of amides is 1. The van der Waals surface area contributed by atoms with E-state index >= 15 is 0 Å². The molecule has 1 fully saturated rings. The summed E-state index contributed by atoms with van der Waals surface area (Å²) in [6.45, 7) is 2.78. The van der Waals surface area contributed by atoms with Crippen LogP contribution in [-0.2, 0) is 12.7 Å². The number of alkyl halides is 3. The molecule has 24 heavy (non-hydrogen) atoms. The van der Waals surface area contributed by atoms with Crippen LogP contribution in [0.1, 0.15) is 45.9 Å². The van der Waals surface area contributed by atoms with E-state index in [0.717, 1.165) is 24.1 Å². The van der Waals surface area contributed by atoms with Gasteiger partial charge in [0.25, 0.3) is 5.91 Å². The van der Waals surface area contributed by atoms with Gasteiger partial charge in [0, 0.05) is 23.7 Å². The predicted molar refractivity (Wildman–Crippen MR) is 85.1 cm³/mol. The van der Waals surface area contributed by atoms with Crippen LogP contribution >= 0.6 is 11.3 Å². The van der Waals surface area contributed by atoms with Crippen LogP contribution in [0, 0.1) is 6.92 Å². The third-order valence-electron chi connectivity index (χ3n) is 4.22. The summed E-state index contributed by atoms with van der Waals surface area (Å²) >= 11 is 1.45. The average Bonchev–Trinajstić information content (AvgIpc) is 3.16. The molecule has 0 spiro atoms. The van der Waals surface area contributed by atoms with E-state index in [1.807, 2.05) is 17.5 Å². The van der Waals surface area contributed by atoms with Gasteiger partial charge in [0.2, 0.25) is 0 Å². The zero-order chi connectivity index (χ0) is 17.3. The van der Waals surface area contributed by atoms with Crippen molar-refractivity contribution in [3.05, 3.63) is 39.3 Å². The molecule has 0 unspecified atom stereocenters.